The van der Waals surface area contributed by atoms with Gasteiger partial charge in [0.25, 0.3) is 0 Å². The van der Waals surface area contributed by atoms with Crippen molar-refractivity contribution >= 4 is 17.1 Å². The van der Waals surface area contributed by atoms with E-state index in [9.17, 15) is 4.79 Å². The van der Waals surface area contributed by atoms with E-state index in [0.29, 0.717) is 19.4 Å². The van der Waals surface area contributed by atoms with Crippen molar-refractivity contribution < 1.29 is 9.53 Å². The number of ether oxygens (including phenoxy) is 1. The second kappa shape index (κ2) is 6.31. The molecule has 0 radical (unpaired) electrons. The second-order valence-corrected chi connectivity index (χ2v) is 5.05. The Morgan fingerprint density at radius 3 is 2.78 bits per heavy atom. The molecule has 0 aliphatic rings. The molecule has 0 saturated heterocycles. The summed E-state index contributed by atoms with van der Waals surface area (Å²) in [5.74, 6) is 0.964. The first kappa shape index (κ1) is 12.8. The molecule has 94 valence electrons. The molecule has 0 N–H and O–H groups in total. The summed E-state index contributed by atoms with van der Waals surface area (Å²) >= 11 is 1.57. The highest BCUT2D eigenvalue weighted by Crippen LogP contribution is 2.11. The van der Waals surface area contributed by atoms with E-state index in [0.717, 1.165) is 16.5 Å². The van der Waals surface area contributed by atoms with E-state index in [1.165, 1.54) is 0 Å². The fourth-order valence-corrected chi connectivity index (χ4v) is 2.19. The molecule has 0 atom stereocenters. The summed E-state index contributed by atoms with van der Waals surface area (Å²) in [6.45, 7) is 2.36. The molecule has 1 aromatic carbocycles. The van der Waals surface area contributed by atoms with Gasteiger partial charge in [0.15, 0.2) is 0 Å². The summed E-state index contributed by atoms with van der Waals surface area (Å²) in [6.07, 6.45) is 0.827. The van der Waals surface area contributed by atoms with Crippen LogP contribution in [0.5, 0.6) is 5.75 Å². The zero-order chi connectivity index (χ0) is 12.8. The molecule has 0 amide bonds. The zero-order valence-electron chi connectivity index (χ0n) is 10.3. The number of nitrogens with zero attached hydrogens (tertiary/aromatic N) is 1. The van der Waals surface area contributed by atoms with Crippen LogP contribution in [0.15, 0.2) is 35.7 Å². The average molecular weight is 261 g/mol. The number of benzene rings is 1. The highest BCUT2D eigenvalue weighted by molar-refractivity contribution is 7.09. The van der Waals surface area contributed by atoms with Gasteiger partial charge in [0.2, 0.25) is 0 Å². The lowest BCUT2D eigenvalue weighted by Crippen LogP contribution is -2.09. The lowest BCUT2D eigenvalue weighted by Gasteiger charge is -2.04. The van der Waals surface area contributed by atoms with E-state index >= 15 is 0 Å². The minimum absolute atomic E-state index is 0.163. The number of Topliss-reactive ketones (excluding diaryl/α,β-unsaturated/α-hetero) is 1. The molecule has 1 aromatic heterocycles. The Morgan fingerprint density at radius 1 is 1.33 bits per heavy atom. The van der Waals surface area contributed by atoms with Crippen LogP contribution in [0.1, 0.15) is 17.1 Å². The molecule has 2 aromatic rings. The Bertz CT molecular complexity index is 508. The van der Waals surface area contributed by atoms with E-state index in [1.807, 2.05) is 42.6 Å². The third-order valence-corrected chi connectivity index (χ3v) is 3.26. The Morgan fingerprint density at radius 2 is 2.11 bits per heavy atom. The van der Waals surface area contributed by atoms with Crippen LogP contribution in [-0.2, 0) is 11.2 Å². The first-order chi connectivity index (χ1) is 8.74. The number of para-hydroxylation sites is 1. The van der Waals surface area contributed by atoms with Crippen molar-refractivity contribution in [2.75, 3.05) is 6.61 Å². The quantitative estimate of drug-likeness (QED) is 0.802. The highest BCUT2D eigenvalue weighted by atomic mass is 32.1. The second-order valence-electron chi connectivity index (χ2n) is 3.98. The Hall–Kier alpha value is -1.68. The van der Waals surface area contributed by atoms with Gasteiger partial charge in [-0.15, -0.1) is 11.3 Å². The number of aromatic nitrogens is 1. The fraction of sp³-hybridized carbons (Fsp3) is 0.286. The van der Waals surface area contributed by atoms with E-state index in [4.69, 9.17) is 4.74 Å². The molecule has 4 heteroatoms. The lowest BCUT2D eigenvalue weighted by molar-refractivity contribution is -0.118. The average Bonchev–Trinajstić information content (AvgIpc) is 2.76. The minimum atomic E-state index is 0.163. The van der Waals surface area contributed by atoms with Crippen LogP contribution < -0.4 is 4.74 Å². The van der Waals surface area contributed by atoms with Gasteiger partial charge < -0.3 is 4.74 Å². The number of hydrogen-bond donors (Lipinski definition) is 0. The van der Waals surface area contributed by atoms with Gasteiger partial charge in [-0.2, -0.15) is 0 Å². The molecule has 0 saturated carbocycles. The maximum Gasteiger partial charge on any atom is 0.142 e. The number of ketones is 1. The third kappa shape index (κ3) is 3.96. The first-order valence-electron chi connectivity index (χ1n) is 5.84. The minimum Gasteiger partial charge on any atom is -0.493 e. The van der Waals surface area contributed by atoms with Crippen molar-refractivity contribution in [1.29, 1.82) is 0 Å². The van der Waals surface area contributed by atoms with Gasteiger partial charge in [-0.3, -0.25) is 4.79 Å². The Balaban J connectivity index is 1.72. The van der Waals surface area contributed by atoms with Crippen molar-refractivity contribution in [3.05, 3.63) is 46.4 Å². The normalized spacial score (nSPS) is 10.3. The predicted octanol–water partition coefficient (Wildman–Crippen LogP) is 3.03. The van der Waals surface area contributed by atoms with Crippen LogP contribution >= 0.6 is 11.3 Å². The van der Waals surface area contributed by atoms with Gasteiger partial charge in [0.05, 0.1) is 17.3 Å². The molecule has 0 aliphatic carbocycles. The summed E-state index contributed by atoms with van der Waals surface area (Å²) in [5.41, 5.74) is 0.863. The zero-order valence-corrected chi connectivity index (χ0v) is 11.1. The van der Waals surface area contributed by atoms with Crippen molar-refractivity contribution in [3.63, 3.8) is 0 Å². The molecule has 0 spiro atoms. The summed E-state index contributed by atoms with van der Waals surface area (Å²) in [5, 5.41) is 2.93. The SMILES string of the molecule is Cc1nc(CC(=O)CCOc2ccccc2)cs1. The van der Waals surface area contributed by atoms with Crippen LogP contribution in [0.2, 0.25) is 0 Å². The molecule has 3 nitrogen and oxygen atoms in total. The van der Waals surface area contributed by atoms with Gasteiger partial charge in [-0.25, -0.2) is 4.98 Å². The molecule has 1 heterocycles. The highest BCUT2D eigenvalue weighted by Gasteiger charge is 2.06. The summed E-state index contributed by atoms with van der Waals surface area (Å²) < 4.78 is 5.48. The fourth-order valence-electron chi connectivity index (χ4n) is 1.58. The monoisotopic (exact) mass is 261 g/mol. The van der Waals surface area contributed by atoms with Crippen LogP contribution in [0.25, 0.3) is 0 Å². The number of carbonyl (C=O) groups excluding carboxylic acids is 1. The molecule has 2 rings (SSSR count). The van der Waals surface area contributed by atoms with Crippen LogP contribution in [0, 0.1) is 6.92 Å². The number of hydrogen-bond acceptors (Lipinski definition) is 4. The molecule has 0 bridgehead atoms. The predicted molar refractivity (Wildman–Crippen MR) is 72.1 cm³/mol. The van der Waals surface area contributed by atoms with E-state index in [1.54, 1.807) is 11.3 Å². The van der Waals surface area contributed by atoms with Crippen LogP contribution in [0.4, 0.5) is 0 Å². The molecule has 18 heavy (non-hydrogen) atoms. The topological polar surface area (TPSA) is 39.2 Å². The molecule has 0 unspecified atom stereocenters. The van der Waals surface area contributed by atoms with E-state index in [-0.39, 0.29) is 5.78 Å². The van der Waals surface area contributed by atoms with Gasteiger partial charge in [0, 0.05) is 18.2 Å². The standard InChI is InChI=1S/C14H15NO2S/c1-11-15-12(10-18-11)9-13(16)7-8-17-14-5-3-2-4-6-14/h2-6,10H,7-9H2,1H3. The molecule has 0 fully saturated rings. The van der Waals surface area contributed by atoms with Crippen LogP contribution in [-0.4, -0.2) is 17.4 Å². The maximum absolute atomic E-state index is 11.7. The lowest BCUT2D eigenvalue weighted by atomic mass is 10.2. The molecular weight excluding hydrogens is 246 g/mol. The maximum atomic E-state index is 11.7. The molecule has 0 aliphatic heterocycles. The first-order valence-corrected chi connectivity index (χ1v) is 6.72. The number of rotatable bonds is 6. The van der Waals surface area contributed by atoms with Crippen LogP contribution in [0.3, 0.4) is 0 Å². The van der Waals surface area contributed by atoms with Gasteiger partial charge in [-0.05, 0) is 19.1 Å². The van der Waals surface area contributed by atoms with Crippen molar-refractivity contribution in [1.82, 2.24) is 4.98 Å². The third-order valence-electron chi connectivity index (χ3n) is 2.44. The van der Waals surface area contributed by atoms with Crippen molar-refractivity contribution in [2.45, 2.75) is 19.8 Å². The van der Waals surface area contributed by atoms with Gasteiger partial charge in [-0.1, -0.05) is 18.2 Å². The van der Waals surface area contributed by atoms with Gasteiger partial charge in [0.1, 0.15) is 11.5 Å². The number of thiazole rings is 1. The number of aryl methyl sites for hydroxylation is 1. The summed E-state index contributed by atoms with van der Waals surface area (Å²) in [4.78, 5) is 16.0. The Labute approximate surface area is 110 Å². The summed E-state index contributed by atoms with van der Waals surface area (Å²) in [7, 11) is 0. The Kier molecular flexibility index (Phi) is 4.47. The number of carbonyl (C=O) groups is 1. The van der Waals surface area contributed by atoms with E-state index in [2.05, 4.69) is 4.98 Å². The van der Waals surface area contributed by atoms with Crippen molar-refractivity contribution in [2.24, 2.45) is 0 Å². The summed E-state index contributed by atoms with van der Waals surface area (Å²) in [6, 6.07) is 9.52. The van der Waals surface area contributed by atoms with Crippen molar-refractivity contribution in [3.8, 4) is 5.75 Å². The van der Waals surface area contributed by atoms with Gasteiger partial charge >= 0.3 is 0 Å². The molecular formula is C14H15NO2S. The largest absolute Gasteiger partial charge is 0.493 e. The van der Waals surface area contributed by atoms with E-state index < -0.39 is 0 Å². The smallest absolute Gasteiger partial charge is 0.142 e.